The minimum Gasteiger partial charge on any atom is -0.467 e. The second-order valence-corrected chi connectivity index (χ2v) is 13.5. The normalized spacial score (nSPS) is 19.0. The van der Waals surface area contributed by atoms with Gasteiger partial charge in [0.1, 0.15) is 5.75 Å². The Bertz CT molecular complexity index is 502. The molecule has 0 bridgehead atoms. The Kier molecular flexibility index (Phi) is 6.36. The van der Waals surface area contributed by atoms with Gasteiger partial charge in [0.05, 0.1) is 11.4 Å². The van der Waals surface area contributed by atoms with Crippen LogP contribution in [-0.2, 0) is 4.74 Å². The Morgan fingerprint density at radius 2 is 2.09 bits per heavy atom. The summed E-state index contributed by atoms with van der Waals surface area (Å²) < 4.78 is 11.2. The Morgan fingerprint density at radius 1 is 1.30 bits per heavy atom. The van der Waals surface area contributed by atoms with Crippen LogP contribution in [0.1, 0.15) is 19.8 Å². The predicted octanol–water partition coefficient (Wildman–Crippen LogP) is 4.20. The Hall–Kier alpha value is -1.20. The van der Waals surface area contributed by atoms with Gasteiger partial charge in [0.2, 0.25) is 0 Å². The van der Waals surface area contributed by atoms with Crippen molar-refractivity contribution in [2.75, 3.05) is 37.1 Å². The molecule has 0 spiro atoms. The zero-order valence-corrected chi connectivity index (χ0v) is 16.1. The van der Waals surface area contributed by atoms with Gasteiger partial charge in [-0.15, -0.1) is 0 Å². The molecule has 1 aliphatic heterocycles. The highest BCUT2D eigenvalue weighted by atomic mass is 28.3. The highest BCUT2D eigenvalue weighted by Crippen LogP contribution is 2.31. The molecule has 1 aromatic rings. The molecule has 0 aromatic heterocycles. The van der Waals surface area contributed by atoms with Crippen molar-refractivity contribution in [3.63, 3.8) is 0 Å². The lowest BCUT2D eigenvalue weighted by Gasteiger charge is -2.33. The molecule has 0 saturated carbocycles. The van der Waals surface area contributed by atoms with Crippen LogP contribution in [0.4, 0.5) is 11.4 Å². The molecule has 1 unspecified atom stereocenters. The van der Waals surface area contributed by atoms with Crippen LogP contribution < -0.4 is 15.4 Å². The standard InChI is InChI=1S/C18H32N2O2Si/c1-15-6-5-9-20(13-15)18-8-7-16(12-17(18)19)22-14-21-10-11-23(2,3)4/h7-8,12,15H,5-6,9-11,13-14,19H2,1-4H3. The minimum atomic E-state index is -1.03. The predicted molar refractivity (Wildman–Crippen MR) is 101 cm³/mol. The molecule has 0 aliphatic carbocycles. The molecule has 1 heterocycles. The van der Waals surface area contributed by atoms with Crippen LogP contribution >= 0.6 is 0 Å². The number of hydrogen-bond acceptors (Lipinski definition) is 4. The number of nitrogens with two attached hydrogens (primary N) is 1. The topological polar surface area (TPSA) is 47.7 Å². The van der Waals surface area contributed by atoms with E-state index in [0.717, 1.165) is 48.8 Å². The number of piperidine rings is 1. The molecule has 5 heteroatoms. The number of rotatable bonds is 7. The summed E-state index contributed by atoms with van der Waals surface area (Å²) in [6, 6.07) is 7.14. The summed E-state index contributed by atoms with van der Waals surface area (Å²) in [5.74, 6) is 1.52. The van der Waals surface area contributed by atoms with E-state index in [4.69, 9.17) is 15.2 Å². The van der Waals surface area contributed by atoms with Gasteiger partial charge in [-0.05, 0) is 36.9 Å². The van der Waals surface area contributed by atoms with Crippen LogP contribution in [-0.4, -0.2) is 34.6 Å². The van der Waals surface area contributed by atoms with Crippen LogP contribution in [0, 0.1) is 5.92 Å². The molecule has 0 radical (unpaired) electrons. The van der Waals surface area contributed by atoms with Gasteiger partial charge in [-0.3, -0.25) is 0 Å². The molecule has 1 aliphatic rings. The third kappa shape index (κ3) is 6.07. The first-order chi connectivity index (χ1) is 10.8. The van der Waals surface area contributed by atoms with Crippen molar-refractivity contribution in [1.29, 1.82) is 0 Å². The quantitative estimate of drug-likeness (QED) is 0.351. The molecule has 2 N–H and O–H groups in total. The maximum atomic E-state index is 6.23. The molecule has 4 nitrogen and oxygen atoms in total. The first-order valence-corrected chi connectivity index (χ1v) is 12.4. The van der Waals surface area contributed by atoms with E-state index < -0.39 is 8.07 Å². The van der Waals surface area contributed by atoms with Crippen LogP contribution in [0.3, 0.4) is 0 Å². The van der Waals surface area contributed by atoms with E-state index in [-0.39, 0.29) is 0 Å². The van der Waals surface area contributed by atoms with Crippen molar-refractivity contribution in [3.8, 4) is 5.75 Å². The lowest BCUT2D eigenvalue weighted by Crippen LogP contribution is -2.34. The highest BCUT2D eigenvalue weighted by Gasteiger charge is 2.18. The minimum absolute atomic E-state index is 0.296. The molecule has 23 heavy (non-hydrogen) atoms. The zero-order valence-electron chi connectivity index (χ0n) is 15.1. The van der Waals surface area contributed by atoms with E-state index in [2.05, 4.69) is 37.5 Å². The SMILES string of the molecule is CC1CCCN(c2ccc(OCOCC[Si](C)(C)C)cc2N)C1. The maximum absolute atomic E-state index is 6.23. The van der Waals surface area contributed by atoms with Gasteiger partial charge < -0.3 is 20.1 Å². The van der Waals surface area contributed by atoms with E-state index in [9.17, 15) is 0 Å². The number of nitrogen functional groups attached to an aromatic ring is 1. The molecular weight excluding hydrogens is 304 g/mol. The van der Waals surface area contributed by atoms with Gasteiger partial charge in [-0.25, -0.2) is 0 Å². The van der Waals surface area contributed by atoms with Crippen LogP contribution in [0.15, 0.2) is 18.2 Å². The van der Waals surface area contributed by atoms with Crippen molar-refractivity contribution in [1.82, 2.24) is 0 Å². The average molecular weight is 337 g/mol. The molecule has 2 rings (SSSR count). The molecule has 1 fully saturated rings. The van der Waals surface area contributed by atoms with Crippen molar-refractivity contribution < 1.29 is 9.47 Å². The maximum Gasteiger partial charge on any atom is 0.189 e. The van der Waals surface area contributed by atoms with E-state index in [1.165, 1.54) is 12.8 Å². The van der Waals surface area contributed by atoms with E-state index in [0.29, 0.717) is 6.79 Å². The number of anilines is 2. The van der Waals surface area contributed by atoms with Crippen molar-refractivity contribution >= 4 is 19.4 Å². The summed E-state index contributed by atoms with van der Waals surface area (Å²) >= 11 is 0. The van der Waals surface area contributed by atoms with Crippen molar-refractivity contribution in [3.05, 3.63) is 18.2 Å². The summed E-state index contributed by atoms with van der Waals surface area (Å²) in [6.07, 6.45) is 2.55. The fraction of sp³-hybridized carbons (Fsp3) is 0.667. The van der Waals surface area contributed by atoms with Crippen LogP contribution in [0.2, 0.25) is 25.7 Å². The fourth-order valence-electron chi connectivity index (χ4n) is 2.87. The molecule has 0 amide bonds. The van der Waals surface area contributed by atoms with Crippen molar-refractivity contribution in [2.45, 2.75) is 45.5 Å². The molecule has 1 atom stereocenters. The Labute approximate surface area is 142 Å². The Balaban J connectivity index is 1.82. The first-order valence-electron chi connectivity index (χ1n) is 8.70. The fourth-order valence-corrected chi connectivity index (χ4v) is 3.62. The van der Waals surface area contributed by atoms with E-state index >= 15 is 0 Å². The lowest BCUT2D eigenvalue weighted by molar-refractivity contribution is 0.0221. The highest BCUT2D eigenvalue weighted by molar-refractivity contribution is 6.76. The lowest BCUT2D eigenvalue weighted by atomic mass is 9.99. The van der Waals surface area contributed by atoms with Crippen molar-refractivity contribution in [2.24, 2.45) is 5.92 Å². The molecule has 130 valence electrons. The monoisotopic (exact) mass is 336 g/mol. The number of benzene rings is 1. The largest absolute Gasteiger partial charge is 0.467 e. The zero-order chi connectivity index (χ0) is 16.9. The molecule has 1 aromatic carbocycles. The van der Waals surface area contributed by atoms with Gasteiger partial charge in [-0.1, -0.05) is 26.6 Å². The van der Waals surface area contributed by atoms with Gasteiger partial charge >= 0.3 is 0 Å². The first kappa shape index (κ1) is 18.1. The molecular formula is C18H32N2O2Si. The third-order valence-electron chi connectivity index (χ3n) is 4.30. The number of ether oxygens (including phenoxy) is 2. The van der Waals surface area contributed by atoms with E-state index in [1.54, 1.807) is 0 Å². The van der Waals surface area contributed by atoms with Crippen LogP contribution in [0.25, 0.3) is 0 Å². The number of hydrogen-bond donors (Lipinski definition) is 1. The van der Waals surface area contributed by atoms with E-state index in [1.807, 2.05) is 12.1 Å². The van der Waals surface area contributed by atoms with Gasteiger partial charge in [-0.2, -0.15) is 0 Å². The Morgan fingerprint density at radius 3 is 2.74 bits per heavy atom. The summed E-state index contributed by atoms with van der Waals surface area (Å²) in [4.78, 5) is 2.39. The second-order valence-electron chi connectivity index (χ2n) is 7.90. The van der Waals surface area contributed by atoms with Gasteiger partial charge in [0.15, 0.2) is 6.79 Å². The van der Waals surface area contributed by atoms with Gasteiger partial charge in [0.25, 0.3) is 0 Å². The smallest absolute Gasteiger partial charge is 0.189 e. The third-order valence-corrected chi connectivity index (χ3v) is 6.01. The molecule has 1 saturated heterocycles. The number of nitrogens with zero attached hydrogens (tertiary/aromatic N) is 1. The average Bonchev–Trinajstić information content (AvgIpc) is 2.46. The second kappa shape index (κ2) is 8.06. The summed E-state index contributed by atoms with van der Waals surface area (Å²) in [6.45, 7) is 12.6. The summed E-state index contributed by atoms with van der Waals surface area (Å²) in [7, 11) is -1.03. The van der Waals surface area contributed by atoms with Crippen LogP contribution in [0.5, 0.6) is 5.75 Å². The summed E-state index contributed by atoms with van der Waals surface area (Å²) in [5, 5.41) is 0. The van der Waals surface area contributed by atoms with Gasteiger partial charge in [0, 0.05) is 33.8 Å². The summed E-state index contributed by atoms with van der Waals surface area (Å²) in [5.41, 5.74) is 8.15.